The summed E-state index contributed by atoms with van der Waals surface area (Å²) in [5, 5.41) is 9.86. The highest BCUT2D eigenvalue weighted by molar-refractivity contribution is 6.29. The van der Waals surface area contributed by atoms with E-state index < -0.39 is 0 Å². The van der Waals surface area contributed by atoms with Crippen molar-refractivity contribution in [3.63, 3.8) is 0 Å². The van der Waals surface area contributed by atoms with Crippen LogP contribution in [0.25, 0.3) is 93.7 Å². The van der Waals surface area contributed by atoms with Crippen LogP contribution in [-0.2, 0) is 0 Å². The molecule has 0 radical (unpaired) electrons. The Labute approximate surface area is 283 Å². The van der Waals surface area contributed by atoms with Crippen molar-refractivity contribution in [3.8, 4) is 39.6 Å². The fourth-order valence-corrected chi connectivity index (χ4v) is 7.50. The largest absolute Gasteiger partial charge is 0.309 e. The van der Waals surface area contributed by atoms with Crippen LogP contribution in [0, 0.1) is 0 Å². The minimum absolute atomic E-state index is 0.715. The van der Waals surface area contributed by atoms with Gasteiger partial charge in [-0.1, -0.05) is 133 Å². The molecule has 10 rings (SSSR count). The summed E-state index contributed by atoms with van der Waals surface area (Å²) >= 11 is 0. The Balaban J connectivity index is 1.25. The van der Waals surface area contributed by atoms with Crippen LogP contribution < -0.4 is 0 Å². The van der Waals surface area contributed by atoms with E-state index in [1.165, 1.54) is 54.1 Å². The van der Waals surface area contributed by atoms with E-state index in [2.05, 4.69) is 168 Å². The van der Waals surface area contributed by atoms with Gasteiger partial charge in [0.05, 0.1) is 22.4 Å². The topological polar surface area (TPSA) is 30.7 Å². The first-order chi connectivity index (χ1) is 24.3. The maximum Gasteiger partial charge on any atom is 0.160 e. The maximum absolute atomic E-state index is 5.14. The molecule has 228 valence electrons. The van der Waals surface area contributed by atoms with Gasteiger partial charge in [-0.15, -0.1) is 0 Å². The van der Waals surface area contributed by atoms with Gasteiger partial charge < -0.3 is 4.57 Å². The molecule has 0 bridgehead atoms. The van der Waals surface area contributed by atoms with Crippen molar-refractivity contribution in [2.45, 2.75) is 0 Å². The molecular formula is C46H29N3. The van der Waals surface area contributed by atoms with Crippen LogP contribution in [0.5, 0.6) is 0 Å². The quantitative estimate of drug-likeness (QED) is 0.183. The third kappa shape index (κ3) is 4.44. The third-order valence-corrected chi connectivity index (χ3v) is 9.77. The number of benzene rings is 8. The van der Waals surface area contributed by atoms with E-state index in [4.69, 9.17) is 9.97 Å². The van der Waals surface area contributed by atoms with Crippen LogP contribution >= 0.6 is 0 Å². The Hall–Kier alpha value is -6.58. The van der Waals surface area contributed by atoms with Crippen LogP contribution in [0.1, 0.15) is 0 Å². The highest BCUT2D eigenvalue weighted by Gasteiger charge is 2.18. The molecule has 2 heterocycles. The molecule has 0 atom stereocenters. The van der Waals surface area contributed by atoms with Gasteiger partial charge in [0, 0.05) is 33.2 Å². The second-order valence-corrected chi connectivity index (χ2v) is 12.6. The van der Waals surface area contributed by atoms with Gasteiger partial charge in [-0.25, -0.2) is 9.97 Å². The molecule has 0 saturated heterocycles. The Bertz CT molecular complexity index is 2800. The number of rotatable bonds is 4. The van der Waals surface area contributed by atoms with E-state index in [1.807, 2.05) is 12.1 Å². The lowest BCUT2D eigenvalue weighted by atomic mass is 9.92. The zero-order valence-corrected chi connectivity index (χ0v) is 26.6. The summed E-state index contributed by atoms with van der Waals surface area (Å²) in [6.07, 6.45) is 0. The van der Waals surface area contributed by atoms with Gasteiger partial charge in [-0.2, -0.15) is 0 Å². The molecule has 0 aliphatic heterocycles. The van der Waals surface area contributed by atoms with Crippen LogP contribution in [0.15, 0.2) is 176 Å². The molecule has 0 saturated carbocycles. The molecule has 0 aliphatic rings. The predicted molar refractivity (Wildman–Crippen MR) is 205 cm³/mol. The Morgan fingerprint density at radius 1 is 0.306 bits per heavy atom. The molecule has 3 nitrogen and oxygen atoms in total. The molecule has 0 unspecified atom stereocenters. The van der Waals surface area contributed by atoms with E-state index in [1.54, 1.807) is 0 Å². The van der Waals surface area contributed by atoms with Gasteiger partial charge >= 0.3 is 0 Å². The smallest absolute Gasteiger partial charge is 0.160 e. The summed E-state index contributed by atoms with van der Waals surface area (Å²) in [6, 6.07) is 62.6. The van der Waals surface area contributed by atoms with Gasteiger partial charge in [0.25, 0.3) is 0 Å². The molecule has 8 aromatic carbocycles. The van der Waals surface area contributed by atoms with Crippen LogP contribution in [0.3, 0.4) is 0 Å². The molecule has 2 aromatic heterocycles. The van der Waals surface area contributed by atoms with Crippen molar-refractivity contribution in [2.24, 2.45) is 0 Å². The number of hydrogen-bond acceptors (Lipinski definition) is 2. The van der Waals surface area contributed by atoms with Crippen molar-refractivity contribution < 1.29 is 0 Å². The molecule has 0 spiro atoms. The average molecular weight is 624 g/mol. The Morgan fingerprint density at radius 2 is 0.816 bits per heavy atom. The summed E-state index contributed by atoms with van der Waals surface area (Å²) < 4.78 is 2.40. The summed E-state index contributed by atoms with van der Waals surface area (Å²) in [5.74, 6) is 0.715. The van der Waals surface area contributed by atoms with Gasteiger partial charge in [0.2, 0.25) is 0 Å². The van der Waals surface area contributed by atoms with Crippen molar-refractivity contribution in [3.05, 3.63) is 176 Å². The Kier molecular flexibility index (Phi) is 6.18. The number of para-hydroxylation sites is 2. The van der Waals surface area contributed by atoms with E-state index in [9.17, 15) is 0 Å². The maximum atomic E-state index is 5.14. The van der Waals surface area contributed by atoms with E-state index in [-0.39, 0.29) is 0 Å². The van der Waals surface area contributed by atoms with E-state index in [0.717, 1.165) is 33.8 Å². The molecular weight excluding hydrogens is 595 g/mol. The minimum Gasteiger partial charge on any atom is -0.309 e. The van der Waals surface area contributed by atoms with Crippen molar-refractivity contribution >= 4 is 54.1 Å². The second-order valence-electron chi connectivity index (χ2n) is 12.6. The summed E-state index contributed by atoms with van der Waals surface area (Å²) in [6.45, 7) is 0. The Morgan fingerprint density at radius 3 is 1.47 bits per heavy atom. The standard InChI is InChI=1S/C46H29N3/c1-4-14-30(15-5-1)42-29-43(31-16-6-2-7-17-31)48-46(47-42)32-24-25-36-38(26-32)34-20-10-11-21-35(34)40-28-45-41(27-39(36)40)37-22-12-13-23-44(37)49(45)33-18-8-3-9-19-33/h1-29H. The summed E-state index contributed by atoms with van der Waals surface area (Å²) in [7, 11) is 0. The molecule has 0 fully saturated rings. The van der Waals surface area contributed by atoms with Crippen LogP contribution in [0.2, 0.25) is 0 Å². The lowest BCUT2D eigenvalue weighted by Crippen LogP contribution is -1.96. The monoisotopic (exact) mass is 623 g/mol. The molecule has 0 N–H and O–H groups in total. The van der Waals surface area contributed by atoms with Gasteiger partial charge in [-0.3, -0.25) is 0 Å². The first kappa shape index (κ1) is 27.5. The van der Waals surface area contributed by atoms with Crippen molar-refractivity contribution in [2.75, 3.05) is 0 Å². The minimum atomic E-state index is 0.715. The summed E-state index contributed by atoms with van der Waals surface area (Å²) in [4.78, 5) is 10.3. The lowest BCUT2D eigenvalue weighted by molar-refractivity contribution is 1.18. The number of fused-ring (bicyclic) bond motifs is 9. The highest BCUT2D eigenvalue weighted by atomic mass is 15.0. The normalized spacial score (nSPS) is 11.7. The SMILES string of the molecule is c1ccc(-c2cc(-c3ccccc3)nc(-c3ccc4c(c3)c3ccccc3c3cc5c(cc43)c3ccccc3n5-c3ccccc3)n2)cc1. The zero-order chi connectivity index (χ0) is 32.3. The van der Waals surface area contributed by atoms with E-state index >= 15 is 0 Å². The van der Waals surface area contributed by atoms with Gasteiger partial charge in [-0.05, 0) is 74.8 Å². The van der Waals surface area contributed by atoms with Crippen LogP contribution in [0.4, 0.5) is 0 Å². The molecule has 10 aromatic rings. The number of aromatic nitrogens is 3. The first-order valence-electron chi connectivity index (χ1n) is 16.7. The highest BCUT2D eigenvalue weighted by Crippen LogP contribution is 2.42. The third-order valence-electron chi connectivity index (χ3n) is 9.77. The van der Waals surface area contributed by atoms with Gasteiger partial charge in [0.1, 0.15) is 0 Å². The molecule has 3 heteroatoms. The number of nitrogens with zero attached hydrogens (tertiary/aromatic N) is 3. The molecule has 49 heavy (non-hydrogen) atoms. The molecule has 0 aliphatic carbocycles. The number of hydrogen-bond donors (Lipinski definition) is 0. The van der Waals surface area contributed by atoms with Crippen molar-refractivity contribution in [1.29, 1.82) is 0 Å². The second kappa shape index (κ2) is 11.0. The van der Waals surface area contributed by atoms with Gasteiger partial charge in [0.15, 0.2) is 5.82 Å². The first-order valence-corrected chi connectivity index (χ1v) is 16.7. The molecule has 0 amide bonds. The lowest BCUT2D eigenvalue weighted by Gasteiger charge is -2.14. The fraction of sp³-hybridized carbons (Fsp3) is 0. The zero-order valence-electron chi connectivity index (χ0n) is 26.6. The van der Waals surface area contributed by atoms with E-state index in [0.29, 0.717) is 5.82 Å². The van der Waals surface area contributed by atoms with Crippen molar-refractivity contribution in [1.82, 2.24) is 14.5 Å². The fourth-order valence-electron chi connectivity index (χ4n) is 7.50. The average Bonchev–Trinajstić information content (AvgIpc) is 3.51. The van der Waals surface area contributed by atoms with Crippen LogP contribution in [-0.4, -0.2) is 14.5 Å². The summed E-state index contributed by atoms with van der Waals surface area (Å²) in [5.41, 5.74) is 8.53. The predicted octanol–water partition coefficient (Wildman–Crippen LogP) is 12.0.